The van der Waals surface area contributed by atoms with Crippen LogP contribution in [0.25, 0.3) is 10.8 Å². The average Bonchev–Trinajstić information content (AvgIpc) is 2.82. The normalized spacial score (nSPS) is 10.4. The number of hydrogen-bond acceptors (Lipinski definition) is 1. The Hall–Kier alpha value is -3.95. The number of hydrogen-bond donors (Lipinski definition) is 0. The molecular formula is C29H21F2N. The summed E-state index contributed by atoms with van der Waals surface area (Å²) in [5, 5.41) is 10.2. The fourth-order valence-electron chi connectivity index (χ4n) is 3.66. The molecule has 0 bridgehead atoms. The highest BCUT2D eigenvalue weighted by molar-refractivity contribution is 5.85. The van der Waals surface area contributed by atoms with Crippen LogP contribution >= 0.6 is 0 Å². The third kappa shape index (κ3) is 4.69. The molecule has 3 heteroatoms. The third-order valence-electron chi connectivity index (χ3n) is 5.58. The molecule has 0 heterocycles. The fraction of sp³-hybridized carbons (Fsp3) is 0.138. The van der Waals surface area contributed by atoms with Gasteiger partial charge in [-0.15, -0.1) is 0 Å². The lowest BCUT2D eigenvalue weighted by Gasteiger charge is -2.08. The van der Waals surface area contributed by atoms with Crippen molar-refractivity contribution in [2.45, 2.75) is 26.2 Å². The second kappa shape index (κ2) is 9.46. The molecule has 0 saturated heterocycles. The molecule has 0 atom stereocenters. The first kappa shape index (κ1) is 21.3. The van der Waals surface area contributed by atoms with E-state index in [9.17, 15) is 4.39 Å². The Labute approximate surface area is 187 Å². The van der Waals surface area contributed by atoms with Crippen LogP contribution in [0, 0.1) is 34.8 Å². The van der Waals surface area contributed by atoms with Crippen LogP contribution in [0.5, 0.6) is 0 Å². The van der Waals surface area contributed by atoms with Crippen molar-refractivity contribution in [3.8, 4) is 17.9 Å². The van der Waals surface area contributed by atoms with Gasteiger partial charge in [-0.05, 0) is 77.7 Å². The van der Waals surface area contributed by atoms with E-state index in [4.69, 9.17) is 5.26 Å². The zero-order valence-electron chi connectivity index (χ0n) is 17.8. The van der Waals surface area contributed by atoms with E-state index in [0.29, 0.717) is 23.8 Å². The molecule has 0 fully saturated rings. The number of benzene rings is 4. The predicted octanol–water partition coefficient (Wildman–Crippen LogP) is 6.74. The molecule has 4 aromatic rings. The van der Waals surface area contributed by atoms with Gasteiger partial charge in [0, 0.05) is 16.5 Å². The van der Waals surface area contributed by atoms with E-state index in [0.717, 1.165) is 28.5 Å². The van der Waals surface area contributed by atoms with E-state index in [1.54, 1.807) is 18.2 Å². The standard InChI is InChI=1S/C29H21F2N/c1-2-20-3-5-21(6-4-20)7-8-22-11-16-27-25(17-22)15-14-24(29(27)31)12-9-23-10-13-26(19-32)28(30)18-23/h3-6,10-11,13-18H,2,9,12H2,1H3. The Morgan fingerprint density at radius 1 is 0.750 bits per heavy atom. The largest absolute Gasteiger partial charge is 0.206 e. The Kier molecular flexibility index (Phi) is 6.29. The molecule has 0 spiro atoms. The summed E-state index contributed by atoms with van der Waals surface area (Å²) in [6.45, 7) is 2.12. The van der Waals surface area contributed by atoms with Gasteiger partial charge in [0.25, 0.3) is 0 Å². The summed E-state index contributed by atoms with van der Waals surface area (Å²) in [6.07, 6.45) is 1.93. The number of halogens is 2. The smallest absolute Gasteiger partial charge is 0.141 e. The first-order valence-corrected chi connectivity index (χ1v) is 10.6. The van der Waals surface area contributed by atoms with E-state index < -0.39 is 5.82 Å². The second-order valence-corrected chi connectivity index (χ2v) is 7.70. The minimum absolute atomic E-state index is 0.0162. The molecule has 0 saturated carbocycles. The van der Waals surface area contributed by atoms with Gasteiger partial charge in [0.1, 0.15) is 17.7 Å². The molecule has 4 aromatic carbocycles. The van der Waals surface area contributed by atoms with Gasteiger partial charge in [0.15, 0.2) is 0 Å². The summed E-state index contributed by atoms with van der Waals surface area (Å²) < 4.78 is 28.9. The minimum Gasteiger partial charge on any atom is -0.206 e. The quantitative estimate of drug-likeness (QED) is 0.335. The zero-order chi connectivity index (χ0) is 22.5. The topological polar surface area (TPSA) is 23.8 Å². The van der Waals surface area contributed by atoms with Crippen LogP contribution in [-0.4, -0.2) is 0 Å². The molecule has 0 N–H and O–H groups in total. The molecule has 1 nitrogen and oxygen atoms in total. The summed E-state index contributed by atoms with van der Waals surface area (Å²) in [5.41, 5.74) is 4.38. The maximum Gasteiger partial charge on any atom is 0.141 e. The van der Waals surface area contributed by atoms with E-state index in [1.165, 1.54) is 17.7 Å². The Bertz CT molecular complexity index is 1380. The van der Waals surface area contributed by atoms with Crippen LogP contribution in [0.3, 0.4) is 0 Å². The molecule has 156 valence electrons. The maximum atomic E-state index is 15.1. The van der Waals surface area contributed by atoms with Gasteiger partial charge in [0.05, 0.1) is 5.56 Å². The van der Waals surface area contributed by atoms with E-state index in [2.05, 4.69) is 30.9 Å². The van der Waals surface area contributed by atoms with E-state index in [-0.39, 0.29) is 11.4 Å². The van der Waals surface area contributed by atoms with Gasteiger partial charge >= 0.3 is 0 Å². The molecule has 0 radical (unpaired) electrons. The van der Waals surface area contributed by atoms with Gasteiger partial charge in [-0.25, -0.2) is 8.78 Å². The maximum absolute atomic E-state index is 15.1. The molecule has 0 aromatic heterocycles. The lowest BCUT2D eigenvalue weighted by Crippen LogP contribution is -1.97. The lowest BCUT2D eigenvalue weighted by atomic mass is 9.98. The Balaban J connectivity index is 1.52. The lowest BCUT2D eigenvalue weighted by molar-refractivity contribution is 0.616. The number of nitriles is 1. The van der Waals surface area contributed by atoms with Gasteiger partial charge in [0.2, 0.25) is 0 Å². The SMILES string of the molecule is CCc1ccc(C#Cc2ccc3c(F)c(CCc4ccc(C#N)c(F)c4)ccc3c2)cc1. The van der Waals surface area contributed by atoms with Crippen LogP contribution in [0.15, 0.2) is 72.8 Å². The average molecular weight is 421 g/mol. The van der Waals surface area contributed by atoms with Gasteiger partial charge in [-0.2, -0.15) is 5.26 Å². The molecule has 0 aliphatic rings. The van der Waals surface area contributed by atoms with Crippen molar-refractivity contribution in [2.24, 2.45) is 0 Å². The number of rotatable bonds is 4. The van der Waals surface area contributed by atoms with Crippen LogP contribution in [0.4, 0.5) is 8.78 Å². The second-order valence-electron chi connectivity index (χ2n) is 7.70. The highest BCUT2D eigenvalue weighted by atomic mass is 19.1. The van der Waals surface area contributed by atoms with Crippen molar-refractivity contribution in [1.82, 2.24) is 0 Å². The van der Waals surface area contributed by atoms with Gasteiger partial charge < -0.3 is 0 Å². The molecule has 0 unspecified atom stereocenters. The van der Waals surface area contributed by atoms with E-state index in [1.807, 2.05) is 36.4 Å². The van der Waals surface area contributed by atoms with Crippen molar-refractivity contribution in [1.29, 1.82) is 5.26 Å². The first-order valence-electron chi connectivity index (χ1n) is 10.6. The summed E-state index contributed by atoms with van der Waals surface area (Å²) in [4.78, 5) is 0. The summed E-state index contributed by atoms with van der Waals surface area (Å²) in [5.74, 6) is 5.51. The molecule has 4 rings (SSSR count). The highest BCUT2D eigenvalue weighted by Gasteiger charge is 2.09. The molecular weight excluding hydrogens is 400 g/mol. The van der Waals surface area contributed by atoms with Crippen molar-refractivity contribution in [3.05, 3.63) is 118 Å². The fourth-order valence-corrected chi connectivity index (χ4v) is 3.66. The summed E-state index contributed by atoms with van der Waals surface area (Å²) >= 11 is 0. The number of nitrogens with zero attached hydrogens (tertiary/aromatic N) is 1. The zero-order valence-corrected chi connectivity index (χ0v) is 17.8. The monoisotopic (exact) mass is 421 g/mol. The van der Waals surface area contributed by atoms with Crippen LogP contribution < -0.4 is 0 Å². The van der Waals surface area contributed by atoms with Gasteiger partial charge in [-0.1, -0.05) is 55.2 Å². The van der Waals surface area contributed by atoms with E-state index >= 15 is 4.39 Å². The van der Waals surface area contributed by atoms with Crippen LogP contribution in [0.2, 0.25) is 0 Å². The first-order chi connectivity index (χ1) is 15.6. The van der Waals surface area contributed by atoms with Crippen molar-refractivity contribution in [3.63, 3.8) is 0 Å². The third-order valence-corrected chi connectivity index (χ3v) is 5.58. The predicted molar refractivity (Wildman–Crippen MR) is 124 cm³/mol. The minimum atomic E-state index is -0.543. The summed E-state index contributed by atoms with van der Waals surface area (Å²) in [7, 11) is 0. The Morgan fingerprint density at radius 2 is 1.47 bits per heavy atom. The van der Waals surface area contributed by atoms with Crippen molar-refractivity contribution < 1.29 is 8.78 Å². The van der Waals surface area contributed by atoms with Gasteiger partial charge in [-0.3, -0.25) is 0 Å². The number of fused-ring (bicyclic) bond motifs is 1. The highest BCUT2D eigenvalue weighted by Crippen LogP contribution is 2.24. The van der Waals surface area contributed by atoms with Crippen molar-refractivity contribution in [2.75, 3.05) is 0 Å². The molecule has 32 heavy (non-hydrogen) atoms. The summed E-state index contributed by atoms with van der Waals surface area (Å²) in [6, 6.07) is 23.7. The number of aryl methyl sites for hydroxylation is 3. The van der Waals surface area contributed by atoms with Crippen LogP contribution in [0.1, 0.15) is 40.3 Å². The Morgan fingerprint density at radius 3 is 2.19 bits per heavy atom. The van der Waals surface area contributed by atoms with Crippen LogP contribution in [-0.2, 0) is 19.3 Å². The van der Waals surface area contributed by atoms with Crippen molar-refractivity contribution >= 4 is 10.8 Å². The molecule has 0 aliphatic heterocycles. The molecule has 0 aliphatic carbocycles. The molecule has 0 amide bonds.